The third-order valence-corrected chi connectivity index (χ3v) is 4.44. The summed E-state index contributed by atoms with van der Waals surface area (Å²) in [6.45, 7) is 7.12. The molecule has 4 aromatic rings. The first-order chi connectivity index (χ1) is 12.7. The van der Waals surface area contributed by atoms with Crippen molar-refractivity contribution in [2.45, 2.75) is 20.8 Å². The molecule has 0 fully saturated rings. The minimum Gasteiger partial charge on any atom is -0.326 e. The van der Waals surface area contributed by atoms with Gasteiger partial charge in [-0.05, 0) is 56.2 Å². The molecule has 5 heteroatoms. The molecule has 0 bridgehead atoms. The lowest BCUT2D eigenvalue weighted by atomic mass is 10.1. The van der Waals surface area contributed by atoms with Crippen LogP contribution < -0.4 is 4.90 Å². The normalized spacial score (nSPS) is 11.0. The van der Waals surface area contributed by atoms with Crippen molar-refractivity contribution in [3.8, 4) is 5.69 Å². The monoisotopic (exact) mass is 343 g/mol. The fraction of sp³-hybridized carbons (Fsp3) is 0.190. The van der Waals surface area contributed by atoms with Crippen molar-refractivity contribution in [2.75, 3.05) is 11.4 Å². The summed E-state index contributed by atoms with van der Waals surface area (Å²) < 4.78 is 1.89. The van der Waals surface area contributed by atoms with Crippen molar-refractivity contribution < 1.29 is 0 Å². The van der Waals surface area contributed by atoms with E-state index in [2.05, 4.69) is 71.1 Å². The molecule has 26 heavy (non-hydrogen) atoms. The third kappa shape index (κ3) is 2.81. The average Bonchev–Trinajstić information content (AvgIpc) is 3.07. The summed E-state index contributed by atoms with van der Waals surface area (Å²) in [7, 11) is 0. The summed E-state index contributed by atoms with van der Waals surface area (Å²) in [5.74, 6) is 0.874. The van der Waals surface area contributed by atoms with E-state index < -0.39 is 0 Å². The number of fused-ring (bicyclic) bond motifs is 1. The predicted octanol–water partition coefficient (Wildman–Crippen LogP) is 4.59. The first kappa shape index (κ1) is 16.3. The van der Waals surface area contributed by atoms with Gasteiger partial charge in [-0.25, -0.2) is 14.6 Å². The van der Waals surface area contributed by atoms with Crippen LogP contribution in [0, 0.1) is 13.8 Å². The van der Waals surface area contributed by atoms with Gasteiger partial charge in [-0.3, -0.25) is 0 Å². The Balaban J connectivity index is 1.88. The van der Waals surface area contributed by atoms with Crippen LogP contribution in [-0.4, -0.2) is 26.3 Å². The fourth-order valence-electron chi connectivity index (χ4n) is 3.37. The lowest BCUT2D eigenvalue weighted by Gasteiger charge is -2.22. The first-order valence-electron chi connectivity index (χ1n) is 8.77. The van der Waals surface area contributed by atoms with Gasteiger partial charge in [-0.1, -0.05) is 24.3 Å². The van der Waals surface area contributed by atoms with Gasteiger partial charge in [-0.15, -0.1) is 0 Å². The summed E-state index contributed by atoms with van der Waals surface area (Å²) in [6, 6.07) is 16.7. The minimum atomic E-state index is 0.810. The van der Waals surface area contributed by atoms with Gasteiger partial charge in [0.2, 0.25) is 0 Å². The Hall–Kier alpha value is -3.21. The van der Waals surface area contributed by atoms with Gasteiger partial charge in [0.25, 0.3) is 0 Å². The van der Waals surface area contributed by atoms with Crippen LogP contribution in [0.15, 0.2) is 61.1 Å². The second-order valence-corrected chi connectivity index (χ2v) is 6.42. The van der Waals surface area contributed by atoms with Crippen molar-refractivity contribution in [1.29, 1.82) is 0 Å². The number of aromatic nitrogens is 4. The highest BCUT2D eigenvalue weighted by Gasteiger charge is 2.16. The number of nitrogens with zero attached hydrogens (tertiary/aromatic N) is 5. The highest BCUT2D eigenvalue weighted by atomic mass is 15.3. The van der Waals surface area contributed by atoms with Crippen molar-refractivity contribution in [3.05, 3.63) is 72.2 Å². The van der Waals surface area contributed by atoms with Gasteiger partial charge >= 0.3 is 0 Å². The number of aryl methyl sites for hydroxylation is 2. The maximum atomic E-state index is 4.61. The molecule has 0 aliphatic carbocycles. The molecular weight excluding hydrogens is 322 g/mol. The summed E-state index contributed by atoms with van der Waals surface area (Å²) in [4.78, 5) is 11.2. The quantitative estimate of drug-likeness (QED) is 0.544. The molecule has 130 valence electrons. The van der Waals surface area contributed by atoms with Gasteiger partial charge in [0, 0.05) is 12.2 Å². The number of rotatable bonds is 4. The molecular formula is C21H21N5. The zero-order valence-electron chi connectivity index (χ0n) is 15.2. The Labute approximate surface area is 152 Å². The van der Waals surface area contributed by atoms with Gasteiger partial charge < -0.3 is 4.90 Å². The molecule has 0 aliphatic heterocycles. The Kier molecular flexibility index (Phi) is 4.13. The molecule has 0 saturated heterocycles. The Morgan fingerprint density at radius 1 is 0.962 bits per heavy atom. The molecule has 0 spiro atoms. The molecule has 0 radical (unpaired) electrons. The Morgan fingerprint density at radius 2 is 1.69 bits per heavy atom. The lowest BCUT2D eigenvalue weighted by Crippen LogP contribution is -2.17. The molecule has 2 heterocycles. The number of hydrogen-bond donors (Lipinski definition) is 0. The molecule has 0 amide bonds. The van der Waals surface area contributed by atoms with E-state index in [0.29, 0.717) is 0 Å². The fourth-order valence-corrected chi connectivity index (χ4v) is 3.37. The van der Waals surface area contributed by atoms with Gasteiger partial charge in [-0.2, -0.15) is 5.10 Å². The predicted molar refractivity (Wildman–Crippen MR) is 105 cm³/mol. The highest BCUT2D eigenvalue weighted by Crippen LogP contribution is 2.30. The topological polar surface area (TPSA) is 46.8 Å². The van der Waals surface area contributed by atoms with Crippen LogP contribution in [-0.2, 0) is 0 Å². The molecule has 2 aromatic heterocycles. The zero-order chi connectivity index (χ0) is 18.1. The lowest BCUT2D eigenvalue weighted by molar-refractivity contribution is 0.891. The smallest absolute Gasteiger partial charge is 0.168 e. The molecule has 2 aromatic carbocycles. The molecule has 0 atom stereocenters. The summed E-state index contributed by atoms with van der Waals surface area (Å²) in [5, 5.41) is 5.55. The van der Waals surface area contributed by atoms with Crippen LogP contribution in [0.25, 0.3) is 16.7 Å². The zero-order valence-corrected chi connectivity index (χ0v) is 15.2. The first-order valence-corrected chi connectivity index (χ1v) is 8.77. The van der Waals surface area contributed by atoms with Crippen LogP contribution in [0.4, 0.5) is 11.5 Å². The third-order valence-electron chi connectivity index (χ3n) is 4.44. The van der Waals surface area contributed by atoms with Crippen molar-refractivity contribution in [3.63, 3.8) is 0 Å². The standard InChI is InChI=1S/C21H21N5/c1-4-25(17-8-6-5-7-9-17)20-19-13-24-26(21(19)23-14-22-20)18-11-15(2)10-16(3)12-18/h5-14H,4H2,1-3H3. The molecule has 0 unspecified atom stereocenters. The largest absolute Gasteiger partial charge is 0.326 e. The number of benzene rings is 2. The van der Waals surface area contributed by atoms with E-state index in [1.165, 1.54) is 11.1 Å². The number of anilines is 2. The Bertz CT molecular complexity index is 1030. The number of para-hydroxylation sites is 1. The van der Waals surface area contributed by atoms with E-state index >= 15 is 0 Å². The van der Waals surface area contributed by atoms with Crippen LogP contribution in [0.1, 0.15) is 18.1 Å². The second kappa shape index (κ2) is 6.59. The van der Waals surface area contributed by atoms with Crippen LogP contribution >= 0.6 is 0 Å². The molecule has 0 saturated carbocycles. The van der Waals surface area contributed by atoms with Crippen LogP contribution in [0.5, 0.6) is 0 Å². The summed E-state index contributed by atoms with van der Waals surface area (Å²) in [5.41, 5.74) is 5.35. The van der Waals surface area contributed by atoms with Gasteiger partial charge in [0.1, 0.15) is 12.1 Å². The van der Waals surface area contributed by atoms with Gasteiger partial charge in [0.05, 0.1) is 17.3 Å². The summed E-state index contributed by atoms with van der Waals surface area (Å²) >= 11 is 0. The SMILES string of the molecule is CCN(c1ccccc1)c1ncnc2c1cnn2-c1cc(C)cc(C)c1. The van der Waals surface area contributed by atoms with Gasteiger partial charge in [0.15, 0.2) is 5.65 Å². The maximum absolute atomic E-state index is 4.61. The van der Waals surface area contributed by atoms with Crippen LogP contribution in [0.3, 0.4) is 0 Å². The molecule has 4 rings (SSSR count). The van der Waals surface area contributed by atoms with Crippen LogP contribution in [0.2, 0.25) is 0 Å². The number of hydrogen-bond acceptors (Lipinski definition) is 4. The average molecular weight is 343 g/mol. The van der Waals surface area contributed by atoms with Crippen molar-refractivity contribution in [1.82, 2.24) is 19.7 Å². The molecule has 0 N–H and O–H groups in total. The van der Waals surface area contributed by atoms with E-state index in [0.717, 1.165) is 34.8 Å². The van der Waals surface area contributed by atoms with E-state index in [4.69, 9.17) is 0 Å². The highest BCUT2D eigenvalue weighted by molar-refractivity contribution is 5.90. The Morgan fingerprint density at radius 3 is 2.38 bits per heavy atom. The van der Waals surface area contributed by atoms with E-state index in [1.807, 2.05) is 29.1 Å². The second-order valence-electron chi connectivity index (χ2n) is 6.42. The maximum Gasteiger partial charge on any atom is 0.168 e. The summed E-state index contributed by atoms with van der Waals surface area (Å²) in [6.07, 6.45) is 3.47. The van der Waals surface area contributed by atoms with E-state index in [1.54, 1.807) is 6.33 Å². The molecule has 0 aliphatic rings. The molecule has 5 nitrogen and oxygen atoms in total. The van der Waals surface area contributed by atoms with E-state index in [-0.39, 0.29) is 0 Å². The van der Waals surface area contributed by atoms with Crippen molar-refractivity contribution >= 4 is 22.5 Å². The van der Waals surface area contributed by atoms with E-state index in [9.17, 15) is 0 Å². The van der Waals surface area contributed by atoms with Crippen molar-refractivity contribution in [2.24, 2.45) is 0 Å². The minimum absolute atomic E-state index is 0.810.